The van der Waals surface area contributed by atoms with Crippen LogP contribution in [-0.4, -0.2) is 46.9 Å². The first-order chi connectivity index (χ1) is 26.0. The second-order valence-electron chi connectivity index (χ2n) is 15.4. The van der Waals surface area contributed by atoms with E-state index in [0.717, 1.165) is 89.9 Å². The maximum atomic E-state index is 13.1. The van der Waals surface area contributed by atoms with Gasteiger partial charge in [0.05, 0.1) is 25.2 Å². The summed E-state index contributed by atoms with van der Waals surface area (Å²) in [6.45, 7) is 6.33. The number of rotatable bonds is 40. The minimum atomic E-state index is -0.786. The highest BCUT2D eigenvalue weighted by Crippen LogP contribution is 2.17. The van der Waals surface area contributed by atoms with Crippen LogP contribution in [0.3, 0.4) is 0 Å². The van der Waals surface area contributed by atoms with E-state index in [-0.39, 0.29) is 24.9 Å². The summed E-state index contributed by atoms with van der Waals surface area (Å²) < 4.78 is 5.87. The zero-order chi connectivity index (χ0) is 38.9. The Morgan fingerprint density at radius 3 is 1.55 bits per heavy atom. The normalized spacial score (nSPS) is 13.7. The fourth-order valence-corrected chi connectivity index (χ4v) is 6.80. The molecular weight excluding hydrogens is 659 g/mol. The van der Waals surface area contributed by atoms with Gasteiger partial charge in [-0.2, -0.15) is 0 Å². The van der Waals surface area contributed by atoms with Crippen LogP contribution in [0.2, 0.25) is 0 Å². The summed E-state index contributed by atoms with van der Waals surface area (Å²) in [6.07, 6.45) is 46.3. The lowest BCUT2D eigenvalue weighted by Crippen LogP contribution is -2.46. The van der Waals surface area contributed by atoms with E-state index in [1.54, 1.807) is 0 Å². The zero-order valence-corrected chi connectivity index (χ0v) is 35.1. The number of unbranched alkanes of at least 4 members (excludes halogenated alkanes) is 22. The first-order valence-electron chi connectivity index (χ1n) is 22.7. The predicted octanol–water partition coefficient (Wildman–Crippen LogP) is 12.9. The van der Waals surface area contributed by atoms with Crippen molar-refractivity contribution in [2.24, 2.45) is 0 Å². The molecule has 0 aromatic carbocycles. The van der Waals surface area contributed by atoms with Gasteiger partial charge < -0.3 is 20.3 Å². The monoisotopic (exact) mass is 746 g/mol. The summed E-state index contributed by atoms with van der Waals surface area (Å²) in [5, 5.41) is 23.6. The number of ether oxygens (including phenoxy) is 1. The van der Waals surface area contributed by atoms with Gasteiger partial charge in [-0.05, 0) is 57.8 Å². The molecule has 0 aliphatic heterocycles. The number of aliphatic hydroxyl groups excluding tert-OH is 2. The van der Waals surface area contributed by atoms with Crippen LogP contribution in [0.4, 0.5) is 0 Å². The lowest BCUT2D eigenvalue weighted by atomic mass is 10.0. The van der Waals surface area contributed by atoms with Gasteiger partial charge >= 0.3 is 5.97 Å². The molecule has 3 N–H and O–H groups in total. The van der Waals surface area contributed by atoms with Gasteiger partial charge in [0.15, 0.2) is 0 Å². The molecule has 3 atom stereocenters. The van der Waals surface area contributed by atoms with Crippen LogP contribution in [0.5, 0.6) is 0 Å². The van der Waals surface area contributed by atoms with Crippen molar-refractivity contribution >= 4 is 11.9 Å². The van der Waals surface area contributed by atoms with Gasteiger partial charge in [-0.25, -0.2) is 0 Å². The molecule has 0 rings (SSSR count). The summed E-state index contributed by atoms with van der Waals surface area (Å²) in [6, 6.07) is -0.700. The first-order valence-corrected chi connectivity index (χ1v) is 22.7. The van der Waals surface area contributed by atoms with Gasteiger partial charge in [0.2, 0.25) is 5.91 Å². The van der Waals surface area contributed by atoms with E-state index in [0.29, 0.717) is 19.3 Å². The molecular formula is C47H87NO5. The summed E-state index contributed by atoms with van der Waals surface area (Å²) in [5.74, 6) is -0.499. The number of hydrogen-bond donors (Lipinski definition) is 3. The fraction of sp³-hybridized carbons (Fsp3) is 0.830. The topological polar surface area (TPSA) is 95.9 Å². The average molecular weight is 746 g/mol. The molecule has 0 saturated carbocycles. The van der Waals surface area contributed by atoms with Crippen LogP contribution in [-0.2, 0) is 14.3 Å². The van der Waals surface area contributed by atoms with Crippen LogP contribution >= 0.6 is 0 Å². The van der Waals surface area contributed by atoms with E-state index < -0.39 is 18.2 Å². The first kappa shape index (κ1) is 51.1. The van der Waals surface area contributed by atoms with Crippen molar-refractivity contribution in [3.8, 4) is 0 Å². The van der Waals surface area contributed by atoms with Crippen LogP contribution < -0.4 is 5.32 Å². The lowest BCUT2D eigenvalue weighted by molar-refractivity contribution is -0.151. The molecule has 0 saturated heterocycles. The molecule has 53 heavy (non-hydrogen) atoms. The van der Waals surface area contributed by atoms with E-state index in [1.807, 2.05) is 0 Å². The van der Waals surface area contributed by atoms with Gasteiger partial charge in [-0.1, -0.05) is 192 Å². The highest BCUT2D eigenvalue weighted by atomic mass is 16.5. The fourth-order valence-electron chi connectivity index (χ4n) is 6.80. The molecule has 0 radical (unpaired) electrons. The third-order valence-electron chi connectivity index (χ3n) is 10.2. The number of carbonyl (C=O) groups excluding carboxylic acids is 2. The summed E-state index contributed by atoms with van der Waals surface area (Å²) in [4.78, 5) is 25.9. The Labute approximate surface area is 328 Å². The summed E-state index contributed by atoms with van der Waals surface area (Å²) >= 11 is 0. The van der Waals surface area contributed by atoms with Gasteiger partial charge in [0, 0.05) is 6.42 Å². The largest absolute Gasteiger partial charge is 0.462 e. The van der Waals surface area contributed by atoms with Crippen molar-refractivity contribution in [2.45, 2.75) is 244 Å². The smallest absolute Gasteiger partial charge is 0.306 e. The van der Waals surface area contributed by atoms with Crippen LogP contribution in [0.25, 0.3) is 0 Å². The molecule has 1 amide bonds. The molecule has 0 aliphatic rings. The summed E-state index contributed by atoms with van der Waals surface area (Å²) in [7, 11) is 0. The summed E-state index contributed by atoms with van der Waals surface area (Å²) in [5.41, 5.74) is 0. The Hall–Kier alpha value is -1.92. The molecule has 0 aromatic rings. The van der Waals surface area contributed by atoms with E-state index in [1.165, 1.54) is 89.9 Å². The molecule has 0 aromatic heterocycles. The predicted molar refractivity (Wildman–Crippen MR) is 227 cm³/mol. The second-order valence-corrected chi connectivity index (χ2v) is 15.4. The van der Waals surface area contributed by atoms with Gasteiger partial charge in [0.25, 0.3) is 0 Å². The Bertz CT molecular complexity index is 884. The lowest BCUT2D eigenvalue weighted by Gasteiger charge is -2.24. The second kappa shape index (κ2) is 41.2. The Balaban J connectivity index is 4.51. The molecule has 0 heterocycles. The van der Waals surface area contributed by atoms with Crippen LogP contribution in [0.15, 0.2) is 36.5 Å². The number of nitrogens with one attached hydrogen (secondary N) is 1. The van der Waals surface area contributed by atoms with Gasteiger partial charge in [-0.15, -0.1) is 0 Å². The molecule has 6 heteroatoms. The van der Waals surface area contributed by atoms with Crippen molar-refractivity contribution in [3.05, 3.63) is 36.5 Å². The number of aliphatic hydroxyl groups is 2. The SMILES string of the molecule is CC/C=C/C/C=C/C/C=C/CCCCCCC(=O)OC(CCCCCCCCCC)CC(=O)NC(CO)C(O)CCCCCCCCCCCCCC. The van der Waals surface area contributed by atoms with Crippen LogP contribution in [0.1, 0.15) is 226 Å². The third kappa shape index (κ3) is 36.8. The molecule has 3 unspecified atom stereocenters. The number of amides is 1. The third-order valence-corrected chi connectivity index (χ3v) is 10.2. The number of allylic oxidation sites excluding steroid dienone is 6. The number of carbonyl (C=O) groups is 2. The quantitative estimate of drug-likeness (QED) is 0.0330. The number of hydrogen-bond acceptors (Lipinski definition) is 5. The van der Waals surface area contributed by atoms with Crippen molar-refractivity contribution in [2.75, 3.05) is 6.61 Å². The molecule has 0 fully saturated rings. The highest BCUT2D eigenvalue weighted by Gasteiger charge is 2.24. The van der Waals surface area contributed by atoms with Crippen molar-refractivity contribution in [1.82, 2.24) is 5.32 Å². The Kier molecular flexibility index (Phi) is 39.8. The van der Waals surface area contributed by atoms with Gasteiger partial charge in [-0.3, -0.25) is 9.59 Å². The maximum absolute atomic E-state index is 13.1. The standard InChI is InChI=1S/C47H87NO5/c1-4-7-10-13-16-19-21-23-24-26-28-31-34-37-40-47(52)53-43(38-35-32-29-18-15-12-9-6-3)41-46(51)48-44(42-49)45(50)39-36-33-30-27-25-22-20-17-14-11-8-5-2/h7,10,16,19,23-24,43-45,49-50H,4-6,8-9,11-15,17-18,20-22,25-42H2,1-3H3,(H,48,51)/b10-7+,19-16+,24-23+. The zero-order valence-electron chi connectivity index (χ0n) is 35.1. The van der Waals surface area contributed by atoms with Crippen molar-refractivity contribution in [1.29, 1.82) is 0 Å². The maximum Gasteiger partial charge on any atom is 0.306 e. The van der Waals surface area contributed by atoms with Crippen molar-refractivity contribution < 1.29 is 24.5 Å². The van der Waals surface area contributed by atoms with E-state index in [9.17, 15) is 19.8 Å². The van der Waals surface area contributed by atoms with E-state index >= 15 is 0 Å². The average Bonchev–Trinajstić information content (AvgIpc) is 3.15. The molecule has 0 aliphatic carbocycles. The van der Waals surface area contributed by atoms with E-state index in [2.05, 4.69) is 62.5 Å². The van der Waals surface area contributed by atoms with E-state index in [4.69, 9.17) is 4.74 Å². The molecule has 0 bridgehead atoms. The Morgan fingerprint density at radius 2 is 1.02 bits per heavy atom. The molecule has 0 spiro atoms. The van der Waals surface area contributed by atoms with Crippen LogP contribution in [0, 0.1) is 0 Å². The van der Waals surface area contributed by atoms with Crippen molar-refractivity contribution in [3.63, 3.8) is 0 Å². The number of esters is 1. The van der Waals surface area contributed by atoms with Gasteiger partial charge in [0.1, 0.15) is 6.10 Å². The molecule has 6 nitrogen and oxygen atoms in total. The minimum absolute atomic E-state index is 0.0705. The molecule has 310 valence electrons. The highest BCUT2D eigenvalue weighted by molar-refractivity contribution is 5.77. The Morgan fingerprint density at radius 1 is 0.566 bits per heavy atom. The minimum Gasteiger partial charge on any atom is -0.462 e.